The van der Waals surface area contributed by atoms with Crippen LogP contribution in [0.1, 0.15) is 24.3 Å². The van der Waals surface area contributed by atoms with E-state index in [0.29, 0.717) is 12.2 Å². The number of hydrogen-bond acceptors (Lipinski definition) is 4. The Morgan fingerprint density at radius 1 is 1.25 bits per heavy atom. The van der Waals surface area contributed by atoms with Crippen LogP contribution in [-0.2, 0) is 16.0 Å². The minimum atomic E-state index is -0.693. The fourth-order valence-electron chi connectivity index (χ4n) is 3.42. The molecule has 0 unspecified atom stereocenters. The molecule has 4 rings (SSSR count). The normalized spacial score (nSPS) is 17.8. The monoisotopic (exact) mass is 380 g/mol. The summed E-state index contributed by atoms with van der Waals surface area (Å²) in [6.07, 6.45) is 3.71. The third kappa shape index (κ3) is 3.36. The highest BCUT2D eigenvalue weighted by Gasteiger charge is 2.39. The molecule has 28 heavy (non-hydrogen) atoms. The van der Waals surface area contributed by atoms with Gasteiger partial charge in [0.25, 0.3) is 5.91 Å². The van der Waals surface area contributed by atoms with Crippen LogP contribution in [0.25, 0.3) is 10.9 Å². The molecule has 3 heterocycles. The number of carbonyl (C=O) groups is 3. The molecule has 1 fully saturated rings. The Kier molecular flexibility index (Phi) is 4.60. The third-order valence-electron chi connectivity index (χ3n) is 4.86. The van der Waals surface area contributed by atoms with Gasteiger partial charge < -0.3 is 20.0 Å². The van der Waals surface area contributed by atoms with E-state index >= 15 is 0 Å². The lowest BCUT2D eigenvalue weighted by Crippen LogP contribution is -2.41. The van der Waals surface area contributed by atoms with Gasteiger partial charge in [0.05, 0.1) is 12.3 Å². The van der Waals surface area contributed by atoms with E-state index < -0.39 is 23.9 Å². The smallest absolute Gasteiger partial charge is 0.325 e. The fourth-order valence-corrected chi connectivity index (χ4v) is 3.42. The van der Waals surface area contributed by atoms with E-state index in [1.54, 1.807) is 19.1 Å². The zero-order valence-corrected chi connectivity index (χ0v) is 15.3. The average Bonchev–Trinajstić information content (AvgIpc) is 3.40. The van der Waals surface area contributed by atoms with Gasteiger partial charge in [-0.05, 0) is 30.7 Å². The zero-order valence-electron chi connectivity index (χ0n) is 15.3. The van der Waals surface area contributed by atoms with Gasteiger partial charge in [-0.25, -0.2) is 4.79 Å². The van der Waals surface area contributed by atoms with Gasteiger partial charge in [-0.2, -0.15) is 0 Å². The molecule has 0 bridgehead atoms. The van der Waals surface area contributed by atoms with Gasteiger partial charge in [0.15, 0.2) is 0 Å². The highest BCUT2D eigenvalue weighted by Crippen LogP contribution is 2.21. The summed E-state index contributed by atoms with van der Waals surface area (Å²) in [7, 11) is 0. The highest BCUT2D eigenvalue weighted by molar-refractivity contribution is 6.06. The minimum absolute atomic E-state index is 0.333. The molecule has 0 radical (unpaired) electrons. The van der Waals surface area contributed by atoms with Crippen LogP contribution in [0.15, 0.2) is 53.3 Å². The SMILES string of the molecule is C[C@H](NC(=O)CN1C(=O)N[C@@H](Cc2c[nH]c3ccccc23)C1=O)c1ccco1. The summed E-state index contributed by atoms with van der Waals surface area (Å²) in [4.78, 5) is 41.3. The molecular weight excluding hydrogens is 360 g/mol. The molecule has 8 nitrogen and oxygen atoms in total. The number of imide groups is 1. The summed E-state index contributed by atoms with van der Waals surface area (Å²) >= 11 is 0. The molecule has 1 aliphatic heterocycles. The number of rotatable bonds is 6. The second kappa shape index (κ2) is 7.22. The predicted molar refractivity (Wildman–Crippen MR) is 101 cm³/mol. The number of furan rings is 1. The maximum absolute atomic E-state index is 12.7. The number of nitrogens with one attached hydrogen (secondary N) is 3. The van der Waals surface area contributed by atoms with Crippen molar-refractivity contribution in [1.82, 2.24) is 20.5 Å². The third-order valence-corrected chi connectivity index (χ3v) is 4.86. The van der Waals surface area contributed by atoms with Crippen molar-refractivity contribution in [2.45, 2.75) is 25.4 Å². The molecule has 144 valence electrons. The van der Waals surface area contributed by atoms with Crippen molar-refractivity contribution < 1.29 is 18.8 Å². The van der Waals surface area contributed by atoms with Crippen molar-refractivity contribution in [1.29, 1.82) is 0 Å². The number of carbonyl (C=O) groups excluding carboxylic acids is 3. The van der Waals surface area contributed by atoms with E-state index in [-0.39, 0.29) is 12.6 Å². The molecule has 0 aliphatic carbocycles. The second-order valence-corrected chi connectivity index (χ2v) is 6.79. The number of para-hydroxylation sites is 1. The Hall–Kier alpha value is -3.55. The van der Waals surface area contributed by atoms with Gasteiger partial charge in [0, 0.05) is 23.5 Å². The molecule has 1 aromatic carbocycles. The molecule has 1 aliphatic rings. The first-order chi connectivity index (χ1) is 13.5. The molecule has 4 amide bonds. The van der Waals surface area contributed by atoms with Crippen LogP contribution < -0.4 is 10.6 Å². The van der Waals surface area contributed by atoms with Crippen molar-refractivity contribution >= 4 is 28.7 Å². The van der Waals surface area contributed by atoms with E-state index in [1.807, 2.05) is 30.5 Å². The number of aromatic amines is 1. The standard InChI is InChI=1S/C20H20N4O4/c1-12(17-7-4-8-28-17)22-18(25)11-24-19(26)16(23-20(24)27)9-13-10-21-15-6-3-2-5-14(13)15/h2-8,10,12,16,21H,9,11H2,1H3,(H,22,25)(H,23,27)/t12-,16-/m0/s1. The molecule has 8 heteroatoms. The molecule has 3 N–H and O–H groups in total. The lowest BCUT2D eigenvalue weighted by molar-refractivity contribution is -0.132. The number of nitrogens with zero attached hydrogens (tertiary/aromatic N) is 1. The zero-order chi connectivity index (χ0) is 19.7. The van der Waals surface area contributed by atoms with E-state index in [0.717, 1.165) is 21.4 Å². The number of fused-ring (bicyclic) bond motifs is 1. The second-order valence-electron chi connectivity index (χ2n) is 6.79. The van der Waals surface area contributed by atoms with Gasteiger partial charge in [-0.15, -0.1) is 0 Å². The Labute approximate surface area is 160 Å². The van der Waals surface area contributed by atoms with Gasteiger partial charge in [-0.3, -0.25) is 14.5 Å². The van der Waals surface area contributed by atoms with Gasteiger partial charge in [0.1, 0.15) is 18.3 Å². The number of amides is 4. The molecule has 1 saturated heterocycles. The predicted octanol–water partition coefficient (Wildman–Crippen LogP) is 2.10. The number of urea groups is 1. The van der Waals surface area contributed by atoms with E-state index in [4.69, 9.17) is 4.42 Å². The first kappa shape index (κ1) is 17.8. The summed E-state index contributed by atoms with van der Waals surface area (Å²) in [6, 6.07) is 9.62. The van der Waals surface area contributed by atoms with Crippen LogP contribution in [0.2, 0.25) is 0 Å². The molecular formula is C20H20N4O4. The van der Waals surface area contributed by atoms with Crippen LogP contribution >= 0.6 is 0 Å². The molecule has 0 spiro atoms. The minimum Gasteiger partial charge on any atom is -0.467 e. The first-order valence-corrected chi connectivity index (χ1v) is 9.02. The number of aromatic nitrogens is 1. The van der Waals surface area contributed by atoms with E-state index in [9.17, 15) is 14.4 Å². The number of H-pyrrole nitrogens is 1. The van der Waals surface area contributed by atoms with Gasteiger partial charge >= 0.3 is 6.03 Å². The quantitative estimate of drug-likeness (QED) is 0.569. The van der Waals surface area contributed by atoms with Crippen molar-refractivity contribution in [3.63, 3.8) is 0 Å². The maximum Gasteiger partial charge on any atom is 0.325 e. The van der Waals surface area contributed by atoms with Crippen molar-refractivity contribution in [2.24, 2.45) is 0 Å². The summed E-state index contributed by atoms with van der Waals surface area (Å²) in [5.74, 6) is -0.237. The molecule has 2 atom stereocenters. The first-order valence-electron chi connectivity index (χ1n) is 9.02. The molecule has 0 saturated carbocycles. The Morgan fingerprint density at radius 2 is 2.07 bits per heavy atom. The van der Waals surface area contributed by atoms with Crippen molar-refractivity contribution in [2.75, 3.05) is 6.54 Å². The summed E-state index contributed by atoms with van der Waals surface area (Å²) in [5, 5.41) is 6.40. The van der Waals surface area contributed by atoms with Crippen LogP contribution in [-0.4, -0.2) is 40.3 Å². The Morgan fingerprint density at radius 3 is 2.86 bits per heavy atom. The molecule has 2 aromatic heterocycles. The Bertz CT molecular complexity index is 1020. The van der Waals surface area contributed by atoms with Gasteiger partial charge in [0.2, 0.25) is 5.91 Å². The Balaban J connectivity index is 1.40. The van der Waals surface area contributed by atoms with E-state index in [2.05, 4.69) is 15.6 Å². The highest BCUT2D eigenvalue weighted by atomic mass is 16.3. The summed E-state index contributed by atoms with van der Waals surface area (Å²) in [5.41, 5.74) is 1.91. The number of hydrogen-bond donors (Lipinski definition) is 3. The topological polar surface area (TPSA) is 107 Å². The van der Waals surface area contributed by atoms with Crippen LogP contribution in [0.5, 0.6) is 0 Å². The summed E-state index contributed by atoms with van der Waals surface area (Å²) < 4.78 is 5.24. The lowest BCUT2D eigenvalue weighted by Gasteiger charge is -2.15. The summed E-state index contributed by atoms with van der Waals surface area (Å²) in [6.45, 7) is 1.43. The fraction of sp³-hybridized carbons (Fsp3) is 0.250. The van der Waals surface area contributed by atoms with Crippen molar-refractivity contribution in [3.05, 3.63) is 60.2 Å². The average molecular weight is 380 g/mol. The number of benzene rings is 1. The van der Waals surface area contributed by atoms with Crippen LogP contribution in [0.4, 0.5) is 4.79 Å². The van der Waals surface area contributed by atoms with E-state index in [1.165, 1.54) is 6.26 Å². The largest absolute Gasteiger partial charge is 0.467 e. The van der Waals surface area contributed by atoms with Crippen LogP contribution in [0.3, 0.4) is 0 Å². The lowest BCUT2D eigenvalue weighted by atomic mass is 10.1. The van der Waals surface area contributed by atoms with Gasteiger partial charge in [-0.1, -0.05) is 18.2 Å². The maximum atomic E-state index is 12.7. The molecule has 3 aromatic rings. The van der Waals surface area contributed by atoms with Crippen LogP contribution in [0, 0.1) is 0 Å². The van der Waals surface area contributed by atoms with Crippen molar-refractivity contribution in [3.8, 4) is 0 Å².